The molecule has 0 saturated heterocycles. The molecule has 6 nitrogen and oxygen atoms in total. The number of hydrogen-bond acceptors (Lipinski definition) is 4. The third-order valence-corrected chi connectivity index (χ3v) is 6.70. The van der Waals surface area contributed by atoms with Crippen molar-refractivity contribution in [1.29, 1.82) is 0 Å². The number of benzene rings is 1. The molecule has 4 rings (SSSR count). The van der Waals surface area contributed by atoms with Crippen LogP contribution in [-0.4, -0.2) is 23.2 Å². The Labute approximate surface area is 165 Å². The fourth-order valence-corrected chi connectivity index (χ4v) is 4.70. The highest BCUT2D eigenvalue weighted by atomic mass is 32.2. The second-order valence-electron chi connectivity index (χ2n) is 7.20. The normalized spacial score (nSPS) is 15.6. The van der Waals surface area contributed by atoms with E-state index >= 15 is 0 Å². The van der Waals surface area contributed by atoms with Gasteiger partial charge in [-0.3, -0.25) is 0 Å². The van der Waals surface area contributed by atoms with Crippen LogP contribution in [0.1, 0.15) is 49.1 Å². The summed E-state index contributed by atoms with van der Waals surface area (Å²) in [5.41, 5.74) is 2.04. The molecule has 3 aromatic rings. The van der Waals surface area contributed by atoms with Crippen molar-refractivity contribution in [3.8, 4) is 5.82 Å². The minimum absolute atomic E-state index is 0.194. The van der Waals surface area contributed by atoms with E-state index in [0.29, 0.717) is 16.6 Å². The van der Waals surface area contributed by atoms with Gasteiger partial charge in [-0.2, -0.15) is 5.10 Å². The first-order chi connectivity index (χ1) is 13.6. The lowest BCUT2D eigenvalue weighted by molar-refractivity contribution is 0.443. The Morgan fingerprint density at radius 1 is 1.04 bits per heavy atom. The quantitative estimate of drug-likeness (QED) is 0.688. The number of sulfonamides is 1. The van der Waals surface area contributed by atoms with Crippen molar-refractivity contribution < 1.29 is 8.42 Å². The Balaban J connectivity index is 1.39. The molecule has 146 valence electrons. The average Bonchev–Trinajstić information content (AvgIpc) is 3.28. The molecule has 0 amide bonds. The van der Waals surface area contributed by atoms with Crippen LogP contribution >= 0.6 is 0 Å². The van der Waals surface area contributed by atoms with E-state index in [1.165, 1.54) is 37.7 Å². The van der Waals surface area contributed by atoms with Crippen molar-refractivity contribution in [2.45, 2.75) is 49.5 Å². The second-order valence-corrected chi connectivity index (χ2v) is 8.97. The predicted molar refractivity (Wildman–Crippen MR) is 108 cm³/mol. The Hall–Kier alpha value is -2.51. The van der Waals surface area contributed by atoms with Crippen molar-refractivity contribution in [1.82, 2.24) is 19.5 Å². The van der Waals surface area contributed by atoms with Crippen LogP contribution in [0, 0.1) is 0 Å². The van der Waals surface area contributed by atoms with Gasteiger partial charge in [0.25, 0.3) is 0 Å². The lowest BCUT2D eigenvalue weighted by atomic mass is 9.84. The summed E-state index contributed by atoms with van der Waals surface area (Å²) in [5, 5.41) is 4.12. The monoisotopic (exact) mass is 396 g/mol. The van der Waals surface area contributed by atoms with E-state index in [2.05, 4.69) is 14.8 Å². The van der Waals surface area contributed by atoms with E-state index in [0.717, 1.165) is 5.56 Å². The standard InChI is InChI=1S/C21H24N4O2S/c26-28(27,20-10-8-19(9-11-20)18-5-2-1-3-6-18)24-16-17-7-12-21(22-15-17)25-14-4-13-23-25/h4,7-15,18,24H,1-3,5-6,16H2. The molecule has 0 unspecified atom stereocenters. The molecule has 1 aliphatic carbocycles. The highest BCUT2D eigenvalue weighted by molar-refractivity contribution is 7.89. The van der Waals surface area contributed by atoms with Crippen LogP contribution in [0.3, 0.4) is 0 Å². The number of pyridine rings is 1. The maximum absolute atomic E-state index is 12.6. The summed E-state index contributed by atoms with van der Waals surface area (Å²) in [6.07, 6.45) is 11.4. The van der Waals surface area contributed by atoms with Gasteiger partial charge in [0.1, 0.15) is 0 Å². The van der Waals surface area contributed by atoms with E-state index in [-0.39, 0.29) is 6.54 Å². The third-order valence-electron chi connectivity index (χ3n) is 5.28. The molecule has 1 aromatic carbocycles. The van der Waals surface area contributed by atoms with Crippen LogP contribution in [0.25, 0.3) is 5.82 Å². The van der Waals surface area contributed by atoms with Gasteiger partial charge in [-0.15, -0.1) is 0 Å². The van der Waals surface area contributed by atoms with Gasteiger partial charge < -0.3 is 0 Å². The smallest absolute Gasteiger partial charge is 0.237 e. The summed E-state index contributed by atoms with van der Waals surface area (Å²) >= 11 is 0. The van der Waals surface area contributed by atoms with Gasteiger partial charge in [0.05, 0.1) is 4.90 Å². The summed E-state index contributed by atoms with van der Waals surface area (Å²) in [6.45, 7) is 0.194. The molecule has 2 aromatic heterocycles. The summed E-state index contributed by atoms with van der Waals surface area (Å²) < 4.78 is 29.5. The molecular formula is C21H24N4O2S. The van der Waals surface area contributed by atoms with Gasteiger partial charge in [0, 0.05) is 25.1 Å². The molecule has 0 bridgehead atoms. The SMILES string of the molecule is O=S(=O)(NCc1ccc(-n2cccn2)nc1)c1ccc(C2CCCCC2)cc1. The van der Waals surface area contributed by atoms with E-state index in [9.17, 15) is 8.42 Å². The molecular weight excluding hydrogens is 372 g/mol. The zero-order valence-corrected chi connectivity index (χ0v) is 16.5. The van der Waals surface area contributed by atoms with Gasteiger partial charge in [0.15, 0.2) is 5.82 Å². The predicted octanol–water partition coefficient (Wildman–Crippen LogP) is 3.79. The molecule has 0 spiro atoms. The van der Waals surface area contributed by atoms with E-state index in [4.69, 9.17) is 0 Å². The number of rotatable bonds is 6. The highest BCUT2D eigenvalue weighted by Crippen LogP contribution is 2.32. The average molecular weight is 397 g/mol. The van der Waals surface area contributed by atoms with Crippen LogP contribution in [0.4, 0.5) is 0 Å². The van der Waals surface area contributed by atoms with Crippen molar-refractivity contribution in [3.63, 3.8) is 0 Å². The zero-order valence-electron chi connectivity index (χ0n) is 15.7. The Morgan fingerprint density at radius 2 is 1.82 bits per heavy atom. The molecule has 2 heterocycles. The van der Waals surface area contributed by atoms with E-state index in [1.807, 2.05) is 36.5 Å². The fraction of sp³-hybridized carbons (Fsp3) is 0.333. The number of aromatic nitrogens is 3. The van der Waals surface area contributed by atoms with Gasteiger partial charge in [-0.25, -0.2) is 22.8 Å². The third kappa shape index (κ3) is 4.31. The van der Waals surface area contributed by atoms with Crippen LogP contribution in [0.5, 0.6) is 0 Å². The molecule has 1 N–H and O–H groups in total. The Bertz CT molecular complexity index is 992. The first-order valence-electron chi connectivity index (χ1n) is 9.66. The number of nitrogens with zero attached hydrogens (tertiary/aromatic N) is 3. The topological polar surface area (TPSA) is 76.9 Å². The lowest BCUT2D eigenvalue weighted by Crippen LogP contribution is -2.23. The number of hydrogen-bond donors (Lipinski definition) is 1. The minimum Gasteiger partial charge on any atom is -0.237 e. The first-order valence-corrected chi connectivity index (χ1v) is 11.1. The summed E-state index contributed by atoms with van der Waals surface area (Å²) in [4.78, 5) is 4.62. The van der Waals surface area contributed by atoms with Crippen molar-refractivity contribution in [3.05, 3.63) is 72.2 Å². The molecule has 28 heavy (non-hydrogen) atoms. The number of nitrogens with one attached hydrogen (secondary N) is 1. The van der Waals surface area contributed by atoms with Gasteiger partial charge in [-0.1, -0.05) is 37.5 Å². The molecule has 1 aliphatic rings. The van der Waals surface area contributed by atoms with Crippen LogP contribution < -0.4 is 4.72 Å². The van der Waals surface area contributed by atoms with Crippen molar-refractivity contribution in [2.75, 3.05) is 0 Å². The molecule has 1 fully saturated rings. The molecule has 0 radical (unpaired) electrons. The van der Waals surface area contributed by atoms with E-state index in [1.54, 1.807) is 29.2 Å². The van der Waals surface area contributed by atoms with Gasteiger partial charge in [0.2, 0.25) is 10.0 Å². The summed E-state index contributed by atoms with van der Waals surface area (Å²) in [7, 11) is -3.55. The first kappa shape index (κ1) is 18.8. The largest absolute Gasteiger partial charge is 0.240 e. The van der Waals surface area contributed by atoms with E-state index < -0.39 is 10.0 Å². The maximum atomic E-state index is 12.6. The highest BCUT2D eigenvalue weighted by Gasteiger charge is 2.18. The Kier molecular flexibility index (Phi) is 5.54. The summed E-state index contributed by atoms with van der Waals surface area (Å²) in [5.74, 6) is 1.26. The molecule has 7 heteroatoms. The van der Waals surface area contributed by atoms with Gasteiger partial charge in [-0.05, 0) is 54.2 Å². The van der Waals surface area contributed by atoms with Gasteiger partial charge >= 0.3 is 0 Å². The van der Waals surface area contributed by atoms with Crippen LogP contribution in [-0.2, 0) is 16.6 Å². The zero-order chi connectivity index (χ0) is 19.4. The Morgan fingerprint density at radius 3 is 2.46 bits per heavy atom. The molecule has 1 saturated carbocycles. The fourth-order valence-electron chi connectivity index (χ4n) is 3.68. The van der Waals surface area contributed by atoms with Crippen molar-refractivity contribution in [2.24, 2.45) is 0 Å². The van der Waals surface area contributed by atoms with Crippen LogP contribution in [0.2, 0.25) is 0 Å². The lowest BCUT2D eigenvalue weighted by Gasteiger charge is -2.22. The molecule has 0 atom stereocenters. The van der Waals surface area contributed by atoms with Crippen molar-refractivity contribution >= 4 is 10.0 Å². The molecule has 0 aliphatic heterocycles. The van der Waals surface area contributed by atoms with Crippen LogP contribution in [0.15, 0.2) is 66.0 Å². The summed E-state index contributed by atoms with van der Waals surface area (Å²) in [6, 6.07) is 12.8. The minimum atomic E-state index is -3.55. The second kappa shape index (κ2) is 8.24. The maximum Gasteiger partial charge on any atom is 0.240 e.